The van der Waals surface area contributed by atoms with E-state index in [-0.39, 0.29) is 5.69 Å². The molecule has 1 saturated carbocycles. The molecule has 7 nitrogen and oxygen atoms in total. The zero-order chi connectivity index (χ0) is 32.0. The van der Waals surface area contributed by atoms with Gasteiger partial charge in [0.15, 0.2) is 5.82 Å². The Morgan fingerprint density at radius 3 is 2.09 bits per heavy atom. The molecule has 3 aromatic carbocycles. The number of rotatable bonds is 6. The number of hydrogen-bond donors (Lipinski definition) is 3. The Kier molecular flexibility index (Phi) is 9.40. The summed E-state index contributed by atoms with van der Waals surface area (Å²) < 4.78 is 47.9. The first-order valence-electron chi connectivity index (χ1n) is 12.3. The minimum absolute atomic E-state index is 0.225. The van der Waals surface area contributed by atoms with Crippen LogP contribution < -0.4 is 16.0 Å². The molecule has 0 saturated heterocycles. The second kappa shape index (κ2) is 12.2. The predicted octanol–water partition coefficient (Wildman–Crippen LogP) is 9.19. The van der Waals surface area contributed by atoms with E-state index in [1.165, 1.54) is 6.07 Å². The molecule has 1 fully saturated rings. The molecular weight excluding hydrogens is 677 g/mol. The topological polar surface area (TPSA) is 96.5 Å². The van der Waals surface area contributed by atoms with Crippen LogP contribution in [0.25, 0.3) is 0 Å². The van der Waals surface area contributed by atoms with E-state index in [0.717, 1.165) is 24.3 Å². The lowest BCUT2D eigenvalue weighted by molar-refractivity contribution is -0.117. The van der Waals surface area contributed by atoms with Gasteiger partial charge in [-0.25, -0.2) is 18.0 Å². The predicted molar refractivity (Wildman–Crippen MR) is 161 cm³/mol. The van der Waals surface area contributed by atoms with Gasteiger partial charge in [0.2, 0.25) is 5.91 Å². The highest BCUT2D eigenvalue weighted by Gasteiger charge is 2.67. The maximum atomic E-state index is 15.1. The van der Waals surface area contributed by atoms with Crippen molar-refractivity contribution in [1.82, 2.24) is 0 Å². The van der Waals surface area contributed by atoms with Crippen LogP contribution in [0.5, 0.6) is 0 Å². The van der Waals surface area contributed by atoms with Gasteiger partial charge in [0, 0.05) is 21.7 Å². The van der Waals surface area contributed by atoms with Gasteiger partial charge in [0.05, 0.1) is 22.2 Å². The zero-order valence-corrected chi connectivity index (χ0v) is 26.1. The van der Waals surface area contributed by atoms with E-state index in [1.807, 2.05) is 5.32 Å². The van der Waals surface area contributed by atoms with Crippen LogP contribution in [-0.4, -0.2) is 27.8 Å². The van der Waals surface area contributed by atoms with Crippen LogP contribution in [0.3, 0.4) is 0 Å². The standard InChI is InChI=1S/C28H21Cl5F3N3O4/c1-27(2,3)43-26(42)38-18-5-4-16(34)23(22(18)36)39-24(40)15-9-14(10-17(35)21(15)31)37-25(41)20-19(28(20,32)33)11-6-12(29)8-13(30)7-11/h4-10,19-20H,1-3H3,(H,37,41)(H,38,42)(H,39,40)/t19-,20+/m0/s1. The quantitative estimate of drug-likeness (QED) is 0.224. The fourth-order valence-corrected chi connectivity index (χ4v) is 5.79. The van der Waals surface area contributed by atoms with Crippen molar-refractivity contribution >= 4 is 93.0 Å². The van der Waals surface area contributed by atoms with Crippen molar-refractivity contribution in [2.45, 2.75) is 36.6 Å². The normalized spacial score (nSPS) is 17.2. The molecule has 0 aliphatic heterocycles. The lowest BCUT2D eigenvalue weighted by atomic mass is 10.1. The van der Waals surface area contributed by atoms with Crippen LogP contribution in [0.1, 0.15) is 42.6 Å². The van der Waals surface area contributed by atoms with Crippen LogP contribution in [0, 0.1) is 23.4 Å². The van der Waals surface area contributed by atoms with Crippen LogP contribution in [0.15, 0.2) is 42.5 Å². The Morgan fingerprint density at radius 1 is 0.860 bits per heavy atom. The van der Waals surface area contributed by atoms with Crippen LogP contribution >= 0.6 is 58.0 Å². The summed E-state index contributed by atoms with van der Waals surface area (Å²) in [7, 11) is 0. The van der Waals surface area contributed by atoms with Gasteiger partial charge in [-0.1, -0.05) is 34.8 Å². The fourth-order valence-electron chi connectivity index (χ4n) is 4.23. The smallest absolute Gasteiger partial charge is 0.412 e. The van der Waals surface area contributed by atoms with Gasteiger partial charge in [-0.3, -0.25) is 14.9 Å². The molecule has 1 aliphatic carbocycles. The van der Waals surface area contributed by atoms with Crippen molar-refractivity contribution in [3.63, 3.8) is 0 Å². The van der Waals surface area contributed by atoms with Crippen molar-refractivity contribution in [2.24, 2.45) is 5.92 Å². The SMILES string of the molecule is CC(C)(C)OC(=O)Nc1ccc(F)c(NC(=O)c2cc(NC(=O)[C@H]3[C@H](c4cc(Cl)cc(Cl)c4)C3(Cl)Cl)cc(F)c2Cl)c1F. The minimum atomic E-state index is -1.54. The molecule has 228 valence electrons. The maximum absolute atomic E-state index is 15.1. The molecule has 0 spiro atoms. The molecule has 0 heterocycles. The third kappa shape index (κ3) is 7.44. The summed E-state index contributed by atoms with van der Waals surface area (Å²) in [5.74, 6) is -7.34. The van der Waals surface area contributed by atoms with Crippen molar-refractivity contribution in [1.29, 1.82) is 0 Å². The maximum Gasteiger partial charge on any atom is 0.412 e. The monoisotopic (exact) mass is 695 g/mol. The highest BCUT2D eigenvalue weighted by molar-refractivity contribution is 6.53. The average Bonchev–Trinajstić information content (AvgIpc) is 3.45. The van der Waals surface area contributed by atoms with Gasteiger partial charge < -0.3 is 15.4 Å². The van der Waals surface area contributed by atoms with Gasteiger partial charge in [-0.15, -0.1) is 23.2 Å². The number of amides is 3. The number of hydrogen-bond acceptors (Lipinski definition) is 4. The van der Waals surface area contributed by atoms with E-state index in [2.05, 4.69) is 10.6 Å². The molecule has 0 bridgehead atoms. The number of halogens is 8. The molecule has 1 aliphatic rings. The molecule has 3 amide bonds. The second-order valence-corrected chi connectivity index (χ2v) is 13.2. The first-order chi connectivity index (χ1) is 19.9. The molecule has 0 aromatic heterocycles. The van der Waals surface area contributed by atoms with E-state index in [4.69, 9.17) is 62.7 Å². The molecular formula is C28H21Cl5F3N3O4. The van der Waals surface area contributed by atoms with E-state index < -0.39 is 79.1 Å². The van der Waals surface area contributed by atoms with Crippen LogP contribution in [0.2, 0.25) is 15.1 Å². The molecule has 15 heteroatoms. The summed E-state index contributed by atoms with van der Waals surface area (Å²) >= 11 is 30.8. The first kappa shape index (κ1) is 33.0. The summed E-state index contributed by atoms with van der Waals surface area (Å²) in [6.45, 7) is 4.75. The van der Waals surface area contributed by atoms with E-state index >= 15 is 4.39 Å². The van der Waals surface area contributed by atoms with Gasteiger partial charge in [0.1, 0.15) is 27.3 Å². The summed E-state index contributed by atoms with van der Waals surface area (Å²) in [6, 6.07) is 8.12. The molecule has 4 rings (SSSR count). The zero-order valence-electron chi connectivity index (χ0n) is 22.4. The van der Waals surface area contributed by atoms with Gasteiger partial charge in [-0.05, 0) is 68.8 Å². The minimum Gasteiger partial charge on any atom is -0.444 e. The third-order valence-corrected chi connectivity index (χ3v) is 7.85. The summed E-state index contributed by atoms with van der Waals surface area (Å²) in [4.78, 5) is 38.1. The average molecular weight is 698 g/mol. The number of ether oxygens (including phenoxy) is 1. The molecule has 0 radical (unpaired) electrons. The van der Waals surface area contributed by atoms with Crippen molar-refractivity contribution < 1.29 is 32.3 Å². The summed E-state index contributed by atoms with van der Waals surface area (Å²) in [6.07, 6.45) is -1.03. The summed E-state index contributed by atoms with van der Waals surface area (Å²) in [5.41, 5.74) is -2.67. The highest BCUT2D eigenvalue weighted by Crippen LogP contribution is 2.65. The number of nitrogens with one attached hydrogen (secondary N) is 3. The molecule has 3 aromatic rings. The molecule has 0 unspecified atom stereocenters. The molecule has 43 heavy (non-hydrogen) atoms. The Morgan fingerprint density at radius 2 is 1.49 bits per heavy atom. The summed E-state index contributed by atoms with van der Waals surface area (Å²) in [5, 5.41) is 6.43. The van der Waals surface area contributed by atoms with Crippen molar-refractivity contribution in [3.05, 3.63) is 86.1 Å². The van der Waals surface area contributed by atoms with E-state index in [9.17, 15) is 23.2 Å². The number of benzene rings is 3. The first-order valence-corrected chi connectivity index (χ1v) is 14.2. The number of carbonyl (C=O) groups is 3. The van der Waals surface area contributed by atoms with Gasteiger partial charge >= 0.3 is 6.09 Å². The lowest BCUT2D eigenvalue weighted by Crippen LogP contribution is -2.27. The Labute approximate surface area is 268 Å². The molecule has 3 N–H and O–H groups in total. The van der Waals surface area contributed by atoms with E-state index in [0.29, 0.717) is 15.6 Å². The number of alkyl halides is 2. The van der Waals surface area contributed by atoms with Crippen LogP contribution in [0.4, 0.5) is 35.0 Å². The Balaban J connectivity index is 1.55. The van der Waals surface area contributed by atoms with E-state index in [1.54, 1.807) is 32.9 Å². The van der Waals surface area contributed by atoms with Crippen LogP contribution in [-0.2, 0) is 9.53 Å². The van der Waals surface area contributed by atoms with Gasteiger partial charge in [-0.2, -0.15) is 0 Å². The lowest BCUT2D eigenvalue weighted by Gasteiger charge is -2.20. The molecule has 2 atom stereocenters. The largest absolute Gasteiger partial charge is 0.444 e. The number of carbonyl (C=O) groups excluding carboxylic acids is 3. The van der Waals surface area contributed by atoms with Crippen molar-refractivity contribution in [2.75, 3.05) is 16.0 Å². The number of anilines is 3. The highest BCUT2D eigenvalue weighted by atomic mass is 35.5. The second-order valence-electron chi connectivity index (χ2n) is 10.5. The van der Waals surface area contributed by atoms with Gasteiger partial charge in [0.25, 0.3) is 5.91 Å². The Bertz CT molecular complexity index is 1630. The Hall–Kier alpha value is -2.89. The fraction of sp³-hybridized carbons (Fsp3) is 0.250. The third-order valence-electron chi connectivity index (χ3n) is 6.09. The van der Waals surface area contributed by atoms with Crippen molar-refractivity contribution in [3.8, 4) is 0 Å².